The number of hydrogen-bond donors (Lipinski definition) is 1. The molecule has 7 heteroatoms. The van der Waals surface area contributed by atoms with Gasteiger partial charge in [-0.3, -0.25) is 14.5 Å². The molecule has 3 rings (SSSR count). The van der Waals surface area contributed by atoms with Crippen LogP contribution in [0.3, 0.4) is 0 Å². The molecule has 1 aliphatic rings. The van der Waals surface area contributed by atoms with Crippen LogP contribution < -0.4 is 5.32 Å². The lowest BCUT2D eigenvalue weighted by Gasteiger charge is -2.24. The molecule has 1 aliphatic heterocycles. The van der Waals surface area contributed by atoms with Crippen molar-refractivity contribution in [3.05, 3.63) is 77.4 Å². The van der Waals surface area contributed by atoms with Crippen LogP contribution in [0.15, 0.2) is 55.1 Å². The Kier molecular flexibility index (Phi) is 4.78. The minimum absolute atomic E-state index is 0.0583. The van der Waals surface area contributed by atoms with Crippen LogP contribution in [0.2, 0.25) is 0 Å². The van der Waals surface area contributed by atoms with Crippen molar-refractivity contribution in [2.75, 3.05) is 0 Å². The Bertz CT molecular complexity index is 869. The van der Waals surface area contributed by atoms with Gasteiger partial charge in [-0.2, -0.15) is 13.2 Å². The van der Waals surface area contributed by atoms with Gasteiger partial charge < -0.3 is 5.32 Å². The highest BCUT2D eigenvalue weighted by atomic mass is 19.4. The Hall–Kier alpha value is -3.09. The third-order valence-electron chi connectivity index (χ3n) is 4.49. The third-order valence-corrected chi connectivity index (χ3v) is 4.49. The zero-order valence-corrected chi connectivity index (χ0v) is 14.5. The highest BCUT2D eigenvalue weighted by Crippen LogP contribution is 2.33. The summed E-state index contributed by atoms with van der Waals surface area (Å²) in [5.41, 5.74) is 1.41. The summed E-state index contributed by atoms with van der Waals surface area (Å²) in [6.07, 6.45) is -4.40. The van der Waals surface area contributed by atoms with Gasteiger partial charge in [-0.15, -0.1) is 0 Å². The van der Waals surface area contributed by atoms with E-state index in [2.05, 4.69) is 11.9 Å². The SMILES string of the molecule is C=C1c2ccccc2C(=O)N1C(C)C(=O)NCc1ccc(C(F)(F)F)cc1. The van der Waals surface area contributed by atoms with E-state index in [0.717, 1.165) is 12.1 Å². The Morgan fingerprint density at radius 3 is 2.26 bits per heavy atom. The Morgan fingerprint density at radius 2 is 1.70 bits per heavy atom. The molecule has 1 N–H and O–H groups in total. The number of hydrogen-bond acceptors (Lipinski definition) is 2. The largest absolute Gasteiger partial charge is 0.416 e. The van der Waals surface area contributed by atoms with Gasteiger partial charge in [-0.25, -0.2) is 0 Å². The molecule has 2 amide bonds. The maximum absolute atomic E-state index is 12.6. The fraction of sp³-hybridized carbons (Fsp3) is 0.200. The molecule has 0 bridgehead atoms. The highest BCUT2D eigenvalue weighted by molar-refractivity contribution is 6.10. The third kappa shape index (κ3) is 3.58. The first-order chi connectivity index (χ1) is 12.7. The first-order valence-corrected chi connectivity index (χ1v) is 8.26. The minimum atomic E-state index is -4.40. The predicted molar refractivity (Wildman–Crippen MR) is 94.4 cm³/mol. The molecule has 1 heterocycles. The molecule has 4 nitrogen and oxygen atoms in total. The zero-order valence-electron chi connectivity index (χ0n) is 14.5. The van der Waals surface area contributed by atoms with Crippen molar-refractivity contribution in [3.63, 3.8) is 0 Å². The smallest absolute Gasteiger partial charge is 0.350 e. The molecule has 27 heavy (non-hydrogen) atoms. The minimum Gasteiger partial charge on any atom is -0.350 e. The maximum atomic E-state index is 12.6. The van der Waals surface area contributed by atoms with Gasteiger partial charge in [0.05, 0.1) is 5.56 Å². The van der Waals surface area contributed by atoms with Gasteiger partial charge in [0.1, 0.15) is 6.04 Å². The lowest BCUT2D eigenvalue weighted by atomic mass is 10.1. The van der Waals surface area contributed by atoms with E-state index < -0.39 is 23.7 Å². The number of amides is 2. The Balaban J connectivity index is 1.65. The van der Waals surface area contributed by atoms with Crippen LogP contribution in [0.25, 0.3) is 5.70 Å². The normalized spacial score (nSPS) is 14.9. The molecule has 0 radical (unpaired) electrons. The number of nitrogens with one attached hydrogen (secondary N) is 1. The summed E-state index contributed by atoms with van der Waals surface area (Å²) in [7, 11) is 0. The van der Waals surface area contributed by atoms with Crippen molar-refractivity contribution in [2.45, 2.75) is 25.7 Å². The van der Waals surface area contributed by atoms with E-state index in [1.165, 1.54) is 17.0 Å². The van der Waals surface area contributed by atoms with Crippen molar-refractivity contribution >= 4 is 17.5 Å². The topological polar surface area (TPSA) is 49.4 Å². The van der Waals surface area contributed by atoms with Crippen molar-refractivity contribution in [3.8, 4) is 0 Å². The molecule has 0 aliphatic carbocycles. The average Bonchev–Trinajstić information content (AvgIpc) is 2.90. The summed E-state index contributed by atoms with van der Waals surface area (Å²) >= 11 is 0. The Morgan fingerprint density at radius 1 is 1.11 bits per heavy atom. The first kappa shape index (κ1) is 18.7. The van der Waals surface area contributed by atoms with Crippen LogP contribution in [-0.4, -0.2) is 22.8 Å². The summed E-state index contributed by atoms with van der Waals surface area (Å²) in [5, 5.41) is 2.65. The van der Waals surface area contributed by atoms with E-state index in [-0.39, 0.29) is 12.5 Å². The van der Waals surface area contributed by atoms with Crippen molar-refractivity contribution in [1.29, 1.82) is 0 Å². The van der Waals surface area contributed by atoms with Gasteiger partial charge in [-0.05, 0) is 30.7 Å². The number of rotatable bonds is 4. The Labute approximate surface area is 154 Å². The lowest BCUT2D eigenvalue weighted by molar-refractivity contribution is -0.137. The zero-order chi connectivity index (χ0) is 19.8. The fourth-order valence-corrected chi connectivity index (χ4v) is 2.98. The van der Waals surface area contributed by atoms with E-state index >= 15 is 0 Å². The molecule has 2 aromatic rings. The van der Waals surface area contributed by atoms with Crippen LogP contribution in [0.4, 0.5) is 13.2 Å². The van der Waals surface area contributed by atoms with Crippen LogP contribution in [0.1, 0.15) is 34.0 Å². The number of carbonyl (C=O) groups is 2. The molecule has 0 saturated carbocycles. The van der Waals surface area contributed by atoms with Crippen molar-refractivity contribution in [2.24, 2.45) is 0 Å². The summed E-state index contributed by atoms with van der Waals surface area (Å²) in [5.74, 6) is -0.718. The second-order valence-corrected chi connectivity index (χ2v) is 6.26. The van der Waals surface area contributed by atoms with E-state index in [4.69, 9.17) is 0 Å². The molecule has 0 aromatic heterocycles. The summed E-state index contributed by atoms with van der Waals surface area (Å²) in [6, 6.07) is 10.7. The molecule has 1 unspecified atom stereocenters. The fourth-order valence-electron chi connectivity index (χ4n) is 2.98. The quantitative estimate of drug-likeness (QED) is 0.884. The first-order valence-electron chi connectivity index (χ1n) is 8.26. The second kappa shape index (κ2) is 6.90. The van der Waals surface area contributed by atoms with Gasteiger partial charge in [0.25, 0.3) is 5.91 Å². The van der Waals surface area contributed by atoms with Gasteiger partial charge in [0.2, 0.25) is 5.91 Å². The number of carbonyl (C=O) groups excluding carboxylic acids is 2. The van der Waals surface area contributed by atoms with Crippen LogP contribution >= 0.6 is 0 Å². The predicted octanol–water partition coefficient (Wildman–Crippen LogP) is 3.84. The standard InChI is InChI=1S/C20H17F3N2O2/c1-12-16-5-3-4-6-17(16)19(27)25(12)13(2)18(26)24-11-14-7-9-15(10-8-14)20(21,22)23/h3-10,13H,1,11H2,2H3,(H,24,26). The van der Waals surface area contributed by atoms with Crippen LogP contribution in [0, 0.1) is 0 Å². The molecule has 0 spiro atoms. The van der Waals surface area contributed by atoms with Crippen LogP contribution in [0.5, 0.6) is 0 Å². The molecule has 1 atom stereocenters. The number of benzene rings is 2. The summed E-state index contributed by atoms with van der Waals surface area (Å²) in [4.78, 5) is 26.3. The van der Waals surface area contributed by atoms with E-state index in [9.17, 15) is 22.8 Å². The number of alkyl halides is 3. The lowest BCUT2D eigenvalue weighted by Crippen LogP contribution is -2.44. The van der Waals surface area contributed by atoms with Gasteiger partial charge in [0, 0.05) is 23.4 Å². The summed E-state index contributed by atoms with van der Waals surface area (Å²) < 4.78 is 37.7. The number of fused-ring (bicyclic) bond motifs is 1. The van der Waals surface area contributed by atoms with Crippen LogP contribution in [-0.2, 0) is 17.5 Å². The maximum Gasteiger partial charge on any atom is 0.416 e. The molecule has 0 fully saturated rings. The highest BCUT2D eigenvalue weighted by Gasteiger charge is 2.36. The van der Waals surface area contributed by atoms with E-state index in [0.29, 0.717) is 22.4 Å². The summed E-state index contributed by atoms with van der Waals surface area (Å²) in [6.45, 7) is 5.54. The monoisotopic (exact) mass is 374 g/mol. The number of nitrogens with zero attached hydrogens (tertiary/aromatic N) is 1. The average molecular weight is 374 g/mol. The van der Waals surface area contributed by atoms with Gasteiger partial charge >= 0.3 is 6.18 Å². The molecular formula is C20H17F3N2O2. The molecule has 2 aromatic carbocycles. The second-order valence-electron chi connectivity index (χ2n) is 6.26. The van der Waals surface area contributed by atoms with Crippen molar-refractivity contribution in [1.82, 2.24) is 10.2 Å². The van der Waals surface area contributed by atoms with Gasteiger partial charge in [0.15, 0.2) is 0 Å². The molecule has 0 saturated heterocycles. The number of halogens is 3. The molecular weight excluding hydrogens is 357 g/mol. The molecule has 140 valence electrons. The van der Waals surface area contributed by atoms with E-state index in [1.807, 2.05) is 0 Å². The van der Waals surface area contributed by atoms with E-state index in [1.54, 1.807) is 31.2 Å². The van der Waals surface area contributed by atoms with Crippen molar-refractivity contribution < 1.29 is 22.8 Å². The van der Waals surface area contributed by atoms with Gasteiger partial charge in [-0.1, -0.05) is 36.9 Å².